The minimum absolute atomic E-state index is 0. The molecule has 0 saturated carbocycles. The van der Waals surface area contributed by atoms with Crippen molar-refractivity contribution in [3.05, 3.63) is 168 Å². The maximum atomic E-state index is 14.4. The number of carbonyl (C=O) groups is 4. The Morgan fingerprint density at radius 3 is 1.18 bits per heavy atom. The van der Waals surface area contributed by atoms with Crippen molar-refractivity contribution < 1.29 is 77.5 Å². The van der Waals surface area contributed by atoms with Gasteiger partial charge in [0.2, 0.25) is 0 Å². The standard InChI is InChI=1S/2C34H38FN3O7.Ca/c2*1-20(2)32-31(34(43)37-27-12-11-26(44-3)18-28(27)45-4)30(22-6-5-14-36-19-22)33(21-7-9-23(35)10-8-21)38(32)15-13-24(39)16-25(40)17-29(41)42;/h2*5-12,14,18-20,24-25,39-40H,13,15-17H2,1-4H3,(H,37,43)(H,41,42);/q;;+2/p-2/t2*24-,25-;/m11./s1. The largest absolute Gasteiger partial charge is 2.00 e. The van der Waals surface area contributed by atoms with Gasteiger partial charge in [-0.25, -0.2) is 8.78 Å². The Morgan fingerprint density at radius 1 is 0.516 bits per heavy atom. The number of carboxylic acids is 2. The van der Waals surface area contributed by atoms with Gasteiger partial charge in [0.05, 0.1) is 86.7 Å². The normalized spacial score (nSPS) is 12.4. The molecule has 4 atom stereocenters. The molecule has 4 heterocycles. The fourth-order valence-electron chi connectivity index (χ4n) is 10.9. The second kappa shape index (κ2) is 33.7. The number of anilines is 2. The van der Waals surface area contributed by atoms with Crippen LogP contribution in [0, 0.1) is 11.6 Å². The summed E-state index contributed by atoms with van der Waals surface area (Å²) in [5, 5.41) is 69.5. The first-order chi connectivity index (χ1) is 43.1. The number of carboxylic acid groups (broad SMARTS) is 2. The number of hydrogen-bond acceptors (Lipinski definition) is 16. The van der Waals surface area contributed by atoms with Crippen LogP contribution >= 0.6 is 0 Å². The first-order valence-corrected chi connectivity index (χ1v) is 29.1. The van der Waals surface area contributed by atoms with Gasteiger partial charge < -0.3 is 78.9 Å². The van der Waals surface area contributed by atoms with Gasteiger partial charge in [0.15, 0.2) is 0 Å². The zero-order valence-electron chi connectivity index (χ0n) is 51.9. The fourth-order valence-corrected chi connectivity index (χ4v) is 10.9. The number of pyridine rings is 2. The van der Waals surface area contributed by atoms with Crippen LogP contribution in [0.5, 0.6) is 23.0 Å². The summed E-state index contributed by atoms with van der Waals surface area (Å²) >= 11 is 0. The third kappa shape index (κ3) is 18.5. The van der Waals surface area contributed by atoms with E-state index in [4.69, 9.17) is 18.9 Å². The Bertz CT molecular complexity index is 3490. The number of rotatable bonds is 28. The van der Waals surface area contributed by atoms with Crippen LogP contribution in [-0.4, -0.2) is 154 Å². The van der Waals surface area contributed by atoms with Gasteiger partial charge >= 0.3 is 37.7 Å². The van der Waals surface area contributed by atoms with Crippen molar-refractivity contribution in [2.75, 3.05) is 39.1 Å². The molecular formula is C68H74CaF2N6O14. The van der Waals surface area contributed by atoms with E-state index >= 15 is 0 Å². The molecule has 91 heavy (non-hydrogen) atoms. The quantitative estimate of drug-likeness (QED) is 0.0251. The predicted octanol–water partition coefficient (Wildman–Crippen LogP) is 8.40. The number of halogens is 2. The molecule has 6 N–H and O–H groups in total. The number of carbonyl (C=O) groups excluding carboxylic acids is 4. The number of aliphatic hydroxyl groups is 4. The molecule has 4 aromatic heterocycles. The topological polar surface area (TPSA) is 292 Å². The molecule has 0 saturated heterocycles. The van der Waals surface area contributed by atoms with E-state index in [0.717, 1.165) is 0 Å². The number of benzene rings is 4. The van der Waals surface area contributed by atoms with Gasteiger partial charge in [-0.1, -0.05) is 39.8 Å². The Morgan fingerprint density at radius 2 is 0.879 bits per heavy atom. The van der Waals surface area contributed by atoms with E-state index in [-0.39, 0.29) is 88.3 Å². The van der Waals surface area contributed by atoms with E-state index < -0.39 is 72.6 Å². The molecule has 20 nitrogen and oxygen atoms in total. The van der Waals surface area contributed by atoms with Gasteiger partial charge in [-0.15, -0.1) is 0 Å². The number of methoxy groups -OCH3 is 4. The Balaban J connectivity index is 0.000000286. The van der Waals surface area contributed by atoms with E-state index in [2.05, 4.69) is 20.6 Å². The van der Waals surface area contributed by atoms with E-state index in [0.29, 0.717) is 102 Å². The number of nitrogens with one attached hydrogen (secondary N) is 2. The van der Waals surface area contributed by atoms with Gasteiger partial charge in [0, 0.05) is 108 Å². The van der Waals surface area contributed by atoms with Crippen LogP contribution in [0.2, 0.25) is 0 Å². The minimum Gasteiger partial charge on any atom is -0.550 e. The van der Waals surface area contributed by atoms with Crippen LogP contribution < -0.4 is 39.8 Å². The molecule has 23 heteroatoms. The zero-order chi connectivity index (χ0) is 65.3. The molecule has 0 spiro atoms. The second-order valence-electron chi connectivity index (χ2n) is 21.9. The van der Waals surface area contributed by atoms with Crippen molar-refractivity contribution >= 4 is 72.9 Å². The van der Waals surface area contributed by atoms with Crippen molar-refractivity contribution in [1.29, 1.82) is 0 Å². The number of hydrogen-bond donors (Lipinski definition) is 6. The summed E-state index contributed by atoms with van der Waals surface area (Å²) in [6.45, 7) is 8.17. The number of aliphatic carboxylic acids is 2. The first kappa shape index (κ1) is 71.9. The minimum atomic E-state index is -1.41. The van der Waals surface area contributed by atoms with Crippen LogP contribution in [0.25, 0.3) is 44.8 Å². The summed E-state index contributed by atoms with van der Waals surface area (Å²) in [5.74, 6) is -3.02. The Labute approximate surface area is 556 Å². The average Bonchev–Trinajstić information content (AvgIpc) is 1.64. The van der Waals surface area contributed by atoms with E-state index in [1.807, 2.05) is 49.0 Å². The zero-order valence-corrected chi connectivity index (χ0v) is 54.2. The summed E-state index contributed by atoms with van der Waals surface area (Å²) in [5.41, 5.74) is 7.78. The SMILES string of the molecule is COc1ccc(NC(=O)c2c(-c3cccnc3)c(-c3ccc(F)cc3)n(CC[C@@H](O)C[C@@H](O)CC(=O)[O-])c2C(C)C)c(OC)c1.COc1ccc(NC(=O)c2c(-c3cccnc3)c(-c3ccc(F)cc3)n(CC[C@@H](O)C[C@@H](O)CC(=O)[O-])c2C(C)C)c(OC)c1.[Ca+2]. The van der Waals surface area contributed by atoms with Gasteiger partial charge in [-0.3, -0.25) is 19.6 Å². The molecule has 0 aliphatic carbocycles. The van der Waals surface area contributed by atoms with Crippen molar-refractivity contribution in [2.45, 2.75) is 116 Å². The second-order valence-corrected chi connectivity index (χ2v) is 21.9. The Hall–Kier alpha value is -8.22. The van der Waals surface area contributed by atoms with Crippen LogP contribution in [0.4, 0.5) is 20.2 Å². The van der Waals surface area contributed by atoms with Crippen LogP contribution in [0.15, 0.2) is 134 Å². The summed E-state index contributed by atoms with van der Waals surface area (Å²) in [6, 6.07) is 29.1. The molecule has 8 rings (SSSR count). The smallest absolute Gasteiger partial charge is 0.550 e. The third-order valence-corrected chi connectivity index (χ3v) is 14.9. The van der Waals surface area contributed by atoms with Crippen LogP contribution in [-0.2, 0) is 22.7 Å². The first-order valence-electron chi connectivity index (χ1n) is 29.1. The van der Waals surface area contributed by atoms with E-state index in [1.54, 1.807) is 97.6 Å². The van der Waals surface area contributed by atoms with Gasteiger partial charge in [0.1, 0.15) is 34.6 Å². The maximum absolute atomic E-state index is 14.4. The van der Waals surface area contributed by atoms with Crippen molar-refractivity contribution in [3.63, 3.8) is 0 Å². The van der Waals surface area contributed by atoms with Crippen molar-refractivity contribution in [3.8, 4) is 67.8 Å². The molecule has 2 amide bonds. The Kier molecular flexibility index (Phi) is 26.6. The van der Waals surface area contributed by atoms with Crippen LogP contribution in [0.3, 0.4) is 0 Å². The molecule has 0 fully saturated rings. The summed E-state index contributed by atoms with van der Waals surface area (Å²) in [6.07, 6.45) is 0.622. The molecule has 8 aromatic rings. The van der Waals surface area contributed by atoms with E-state index in [9.17, 15) is 58.6 Å². The molecule has 0 radical (unpaired) electrons. The molecule has 0 bridgehead atoms. The van der Waals surface area contributed by atoms with Gasteiger partial charge in [-0.05, 0) is 134 Å². The molecule has 0 aliphatic rings. The van der Waals surface area contributed by atoms with Crippen molar-refractivity contribution in [1.82, 2.24) is 19.1 Å². The molecule has 4 aromatic carbocycles. The molecular weight excluding hydrogens is 1200 g/mol. The third-order valence-electron chi connectivity index (χ3n) is 14.9. The predicted molar refractivity (Wildman–Crippen MR) is 337 cm³/mol. The number of aliphatic hydroxyl groups excluding tert-OH is 4. The monoisotopic (exact) mass is 1280 g/mol. The van der Waals surface area contributed by atoms with Crippen molar-refractivity contribution in [2.24, 2.45) is 0 Å². The summed E-state index contributed by atoms with van der Waals surface area (Å²) in [4.78, 5) is 59.1. The van der Waals surface area contributed by atoms with Gasteiger partial charge in [-0.2, -0.15) is 0 Å². The van der Waals surface area contributed by atoms with E-state index in [1.165, 1.54) is 52.7 Å². The summed E-state index contributed by atoms with van der Waals surface area (Å²) in [7, 11) is 6.04. The number of amides is 2. The van der Waals surface area contributed by atoms with Crippen LogP contribution in [0.1, 0.15) is 110 Å². The maximum Gasteiger partial charge on any atom is 2.00 e. The average molecular weight is 1280 g/mol. The molecule has 0 aliphatic heterocycles. The fraction of sp³-hybridized carbons (Fsp3) is 0.324. The van der Waals surface area contributed by atoms with Gasteiger partial charge in [0.25, 0.3) is 11.8 Å². The molecule has 0 unspecified atom stereocenters. The summed E-state index contributed by atoms with van der Waals surface area (Å²) < 4.78 is 53.7. The number of aromatic nitrogens is 4. The molecule has 476 valence electrons. The number of nitrogens with zero attached hydrogens (tertiary/aromatic N) is 4. The number of ether oxygens (including phenoxy) is 4.